The molecule has 0 aliphatic carbocycles. The number of amides is 2. The summed E-state index contributed by atoms with van der Waals surface area (Å²) < 4.78 is 13.5. The molecular formula is C12H14FN3O4. The van der Waals surface area contributed by atoms with Gasteiger partial charge in [-0.1, -0.05) is 0 Å². The van der Waals surface area contributed by atoms with Crippen LogP contribution in [0, 0.1) is 5.82 Å². The van der Waals surface area contributed by atoms with Gasteiger partial charge in [0.25, 0.3) is 5.91 Å². The molecule has 0 aromatic heterocycles. The van der Waals surface area contributed by atoms with Gasteiger partial charge in [-0.3, -0.25) is 9.59 Å². The summed E-state index contributed by atoms with van der Waals surface area (Å²) in [4.78, 5) is 33.3. The molecule has 0 unspecified atom stereocenters. The molecule has 0 heterocycles. The summed E-state index contributed by atoms with van der Waals surface area (Å²) in [6.07, 6.45) is -0.380. The molecular weight excluding hydrogens is 269 g/mol. The van der Waals surface area contributed by atoms with Crippen LogP contribution in [-0.4, -0.2) is 28.9 Å². The standard InChI is InChI=1S/C12H14FN3O4/c13-8-5-6(14)1-2-7(8)11(18)16-9(12(19)20)3-4-10(15)17/h1-2,5,9H,3-4,14H2,(H2,15,17)(H,16,18)(H,19,20)/t9-/m0/s1. The van der Waals surface area contributed by atoms with Crippen molar-refractivity contribution < 1.29 is 23.9 Å². The smallest absolute Gasteiger partial charge is 0.326 e. The van der Waals surface area contributed by atoms with E-state index >= 15 is 0 Å². The molecule has 20 heavy (non-hydrogen) atoms. The number of carboxylic acid groups (broad SMARTS) is 1. The van der Waals surface area contributed by atoms with E-state index in [0.29, 0.717) is 0 Å². The number of anilines is 1. The third-order valence-corrected chi connectivity index (χ3v) is 2.52. The summed E-state index contributed by atoms with van der Waals surface area (Å²) >= 11 is 0. The number of halogens is 1. The first-order valence-electron chi connectivity index (χ1n) is 5.68. The Kier molecular flexibility index (Phi) is 5.01. The molecule has 0 saturated heterocycles. The highest BCUT2D eigenvalue weighted by atomic mass is 19.1. The Morgan fingerprint density at radius 1 is 1.35 bits per heavy atom. The molecule has 0 fully saturated rings. The fourth-order valence-corrected chi connectivity index (χ4v) is 1.50. The number of hydrogen-bond acceptors (Lipinski definition) is 4. The number of carboxylic acids is 1. The van der Waals surface area contributed by atoms with Crippen LogP contribution in [0.4, 0.5) is 10.1 Å². The van der Waals surface area contributed by atoms with Crippen molar-refractivity contribution in [2.75, 3.05) is 5.73 Å². The van der Waals surface area contributed by atoms with Gasteiger partial charge in [-0.25, -0.2) is 9.18 Å². The molecule has 8 heteroatoms. The Bertz CT molecular complexity index is 548. The lowest BCUT2D eigenvalue weighted by molar-refractivity contribution is -0.139. The molecule has 2 amide bonds. The van der Waals surface area contributed by atoms with E-state index in [1.165, 1.54) is 6.07 Å². The zero-order valence-electron chi connectivity index (χ0n) is 10.4. The molecule has 0 aliphatic rings. The zero-order chi connectivity index (χ0) is 15.3. The molecule has 1 aromatic rings. The molecule has 0 aliphatic heterocycles. The van der Waals surface area contributed by atoms with Gasteiger partial charge in [0, 0.05) is 12.1 Å². The van der Waals surface area contributed by atoms with Crippen LogP contribution in [0.25, 0.3) is 0 Å². The highest BCUT2D eigenvalue weighted by Crippen LogP contribution is 2.12. The topological polar surface area (TPSA) is 136 Å². The second kappa shape index (κ2) is 6.50. The first-order chi connectivity index (χ1) is 9.31. The molecule has 1 rings (SSSR count). The SMILES string of the molecule is NC(=O)CC[C@H](NC(=O)c1ccc(N)cc1F)C(=O)O. The van der Waals surface area contributed by atoms with E-state index in [-0.39, 0.29) is 24.1 Å². The van der Waals surface area contributed by atoms with Crippen molar-refractivity contribution in [2.45, 2.75) is 18.9 Å². The second-order valence-corrected chi connectivity index (χ2v) is 4.11. The number of carbonyl (C=O) groups is 3. The van der Waals surface area contributed by atoms with E-state index in [4.69, 9.17) is 16.6 Å². The Hall–Kier alpha value is -2.64. The molecule has 0 spiro atoms. The summed E-state index contributed by atoms with van der Waals surface area (Å²) in [6, 6.07) is 2.09. The fraction of sp³-hybridized carbons (Fsp3) is 0.250. The summed E-state index contributed by atoms with van der Waals surface area (Å²) in [7, 11) is 0. The van der Waals surface area contributed by atoms with E-state index in [1.807, 2.05) is 0 Å². The number of carbonyl (C=O) groups excluding carboxylic acids is 2. The molecule has 1 atom stereocenters. The summed E-state index contributed by atoms with van der Waals surface area (Å²) in [5.74, 6) is -3.79. The monoisotopic (exact) mass is 283 g/mol. The van der Waals surface area contributed by atoms with Crippen LogP contribution in [0.15, 0.2) is 18.2 Å². The maximum atomic E-state index is 13.5. The van der Waals surface area contributed by atoms with E-state index in [0.717, 1.165) is 12.1 Å². The van der Waals surface area contributed by atoms with Crippen LogP contribution < -0.4 is 16.8 Å². The lowest BCUT2D eigenvalue weighted by Crippen LogP contribution is -2.41. The highest BCUT2D eigenvalue weighted by molar-refractivity contribution is 5.97. The van der Waals surface area contributed by atoms with Crippen LogP contribution in [0.1, 0.15) is 23.2 Å². The third kappa shape index (κ3) is 4.23. The Morgan fingerprint density at radius 2 is 2.00 bits per heavy atom. The number of rotatable bonds is 6. The van der Waals surface area contributed by atoms with Gasteiger partial charge in [0.2, 0.25) is 5.91 Å². The number of nitrogens with one attached hydrogen (secondary N) is 1. The minimum absolute atomic E-state index is 0.141. The van der Waals surface area contributed by atoms with Gasteiger partial charge < -0.3 is 21.9 Å². The molecule has 6 N–H and O–H groups in total. The quantitative estimate of drug-likeness (QED) is 0.539. The van der Waals surface area contributed by atoms with Crippen LogP contribution in [-0.2, 0) is 9.59 Å². The maximum Gasteiger partial charge on any atom is 0.326 e. The molecule has 108 valence electrons. The zero-order valence-corrected chi connectivity index (χ0v) is 10.4. The molecule has 0 bridgehead atoms. The summed E-state index contributed by atoms with van der Waals surface area (Å²) in [6.45, 7) is 0. The second-order valence-electron chi connectivity index (χ2n) is 4.11. The third-order valence-electron chi connectivity index (χ3n) is 2.52. The van der Waals surface area contributed by atoms with Gasteiger partial charge in [-0.05, 0) is 24.6 Å². The number of primary amides is 1. The largest absolute Gasteiger partial charge is 0.480 e. The van der Waals surface area contributed by atoms with Crippen molar-refractivity contribution in [1.82, 2.24) is 5.32 Å². The number of hydrogen-bond donors (Lipinski definition) is 4. The number of benzene rings is 1. The van der Waals surface area contributed by atoms with E-state index in [1.54, 1.807) is 0 Å². The lowest BCUT2D eigenvalue weighted by Gasteiger charge is -2.14. The Morgan fingerprint density at radius 3 is 2.50 bits per heavy atom. The number of aliphatic carboxylic acids is 1. The van der Waals surface area contributed by atoms with Crippen molar-refractivity contribution in [3.05, 3.63) is 29.6 Å². The van der Waals surface area contributed by atoms with Crippen molar-refractivity contribution >= 4 is 23.5 Å². The number of nitrogens with two attached hydrogens (primary N) is 2. The number of nitrogen functional groups attached to an aromatic ring is 1. The predicted molar refractivity (Wildman–Crippen MR) is 68.1 cm³/mol. The Balaban J connectivity index is 2.80. The minimum Gasteiger partial charge on any atom is -0.480 e. The van der Waals surface area contributed by atoms with Gasteiger partial charge >= 0.3 is 5.97 Å². The predicted octanol–water partition coefficient (Wildman–Crippen LogP) is -0.144. The molecule has 7 nitrogen and oxygen atoms in total. The van der Waals surface area contributed by atoms with Crippen molar-refractivity contribution in [3.8, 4) is 0 Å². The van der Waals surface area contributed by atoms with Gasteiger partial charge in [-0.15, -0.1) is 0 Å². The van der Waals surface area contributed by atoms with Crippen LogP contribution >= 0.6 is 0 Å². The summed E-state index contributed by atoms with van der Waals surface area (Å²) in [5, 5.41) is 11.0. The highest BCUT2D eigenvalue weighted by Gasteiger charge is 2.22. The van der Waals surface area contributed by atoms with Crippen LogP contribution in [0.2, 0.25) is 0 Å². The van der Waals surface area contributed by atoms with Crippen LogP contribution in [0.5, 0.6) is 0 Å². The fourth-order valence-electron chi connectivity index (χ4n) is 1.50. The lowest BCUT2D eigenvalue weighted by atomic mass is 10.1. The van der Waals surface area contributed by atoms with E-state index in [9.17, 15) is 18.8 Å². The average Bonchev–Trinajstić information content (AvgIpc) is 2.33. The van der Waals surface area contributed by atoms with E-state index in [2.05, 4.69) is 5.32 Å². The van der Waals surface area contributed by atoms with Crippen LogP contribution in [0.3, 0.4) is 0 Å². The van der Waals surface area contributed by atoms with Gasteiger partial charge in [-0.2, -0.15) is 0 Å². The first-order valence-corrected chi connectivity index (χ1v) is 5.68. The van der Waals surface area contributed by atoms with Gasteiger partial charge in [0.15, 0.2) is 0 Å². The Labute approximate surface area is 113 Å². The molecule has 1 aromatic carbocycles. The van der Waals surface area contributed by atoms with Gasteiger partial charge in [0.1, 0.15) is 11.9 Å². The van der Waals surface area contributed by atoms with Gasteiger partial charge in [0.05, 0.1) is 5.56 Å². The minimum atomic E-state index is -1.34. The summed E-state index contributed by atoms with van der Waals surface area (Å²) in [5.41, 5.74) is 10.1. The van der Waals surface area contributed by atoms with Crippen molar-refractivity contribution in [1.29, 1.82) is 0 Å². The van der Waals surface area contributed by atoms with Crippen molar-refractivity contribution in [2.24, 2.45) is 5.73 Å². The first kappa shape index (κ1) is 15.4. The molecule has 0 radical (unpaired) electrons. The normalized spacial score (nSPS) is 11.7. The average molecular weight is 283 g/mol. The van der Waals surface area contributed by atoms with E-state index < -0.39 is 29.6 Å². The molecule has 0 saturated carbocycles. The maximum absolute atomic E-state index is 13.5. The van der Waals surface area contributed by atoms with Crippen molar-refractivity contribution in [3.63, 3.8) is 0 Å².